The van der Waals surface area contributed by atoms with Gasteiger partial charge in [-0.1, -0.05) is 6.92 Å². The van der Waals surface area contributed by atoms with Gasteiger partial charge in [0.25, 0.3) is 0 Å². The fourth-order valence-electron chi connectivity index (χ4n) is 2.43. The Hall–Kier alpha value is -0.330. The van der Waals surface area contributed by atoms with E-state index in [-0.39, 0.29) is 24.8 Å². The molecule has 1 saturated heterocycles. The summed E-state index contributed by atoms with van der Waals surface area (Å²) < 4.78 is 7.47. The lowest BCUT2D eigenvalue weighted by atomic mass is 10.3. The van der Waals surface area contributed by atoms with E-state index >= 15 is 0 Å². The molecule has 5 nitrogen and oxygen atoms in total. The number of nitrogens with one attached hydrogen (secondary N) is 1. The highest BCUT2D eigenvalue weighted by Crippen LogP contribution is 2.04. The van der Waals surface area contributed by atoms with Crippen molar-refractivity contribution in [2.75, 3.05) is 39.4 Å². The lowest BCUT2D eigenvalue weighted by molar-refractivity contribution is 0.0384. The molecule has 0 aromatic carbocycles. The SMILES string of the molecule is CCCn1nc(C)cc1CNCCN1CCOCC1.Cl.Cl. The number of halogens is 2. The zero-order chi connectivity index (χ0) is 13.5. The Morgan fingerprint density at radius 3 is 2.62 bits per heavy atom. The van der Waals surface area contributed by atoms with Gasteiger partial charge in [-0.05, 0) is 19.4 Å². The van der Waals surface area contributed by atoms with Crippen LogP contribution in [-0.2, 0) is 17.8 Å². The van der Waals surface area contributed by atoms with Crippen molar-refractivity contribution in [3.8, 4) is 0 Å². The summed E-state index contributed by atoms with van der Waals surface area (Å²) in [5.41, 5.74) is 2.40. The van der Waals surface area contributed by atoms with Crippen molar-refractivity contribution in [3.63, 3.8) is 0 Å². The fourth-order valence-corrected chi connectivity index (χ4v) is 2.43. The van der Waals surface area contributed by atoms with E-state index in [1.165, 1.54) is 5.69 Å². The molecule has 1 fully saturated rings. The van der Waals surface area contributed by atoms with Crippen LogP contribution >= 0.6 is 24.8 Å². The van der Waals surface area contributed by atoms with E-state index in [0.717, 1.165) is 64.6 Å². The quantitative estimate of drug-likeness (QED) is 0.770. The first kappa shape index (κ1) is 20.7. The largest absolute Gasteiger partial charge is 0.379 e. The molecule has 0 spiro atoms. The Balaban J connectivity index is 0.00000200. The van der Waals surface area contributed by atoms with Gasteiger partial charge in [-0.2, -0.15) is 5.10 Å². The van der Waals surface area contributed by atoms with Gasteiger partial charge in [0, 0.05) is 39.3 Å². The Morgan fingerprint density at radius 1 is 1.24 bits per heavy atom. The second-order valence-electron chi connectivity index (χ2n) is 5.13. The molecule has 0 atom stereocenters. The van der Waals surface area contributed by atoms with Crippen molar-refractivity contribution in [1.82, 2.24) is 20.0 Å². The molecular formula is C14H28Cl2N4O. The number of aryl methyl sites for hydroxylation is 2. The molecule has 1 N–H and O–H groups in total. The van der Waals surface area contributed by atoms with E-state index in [0.29, 0.717) is 0 Å². The highest BCUT2D eigenvalue weighted by atomic mass is 35.5. The van der Waals surface area contributed by atoms with Gasteiger partial charge in [0.1, 0.15) is 0 Å². The van der Waals surface area contributed by atoms with Crippen LogP contribution in [0.4, 0.5) is 0 Å². The van der Waals surface area contributed by atoms with E-state index < -0.39 is 0 Å². The summed E-state index contributed by atoms with van der Waals surface area (Å²) in [4.78, 5) is 2.45. The Morgan fingerprint density at radius 2 is 1.95 bits per heavy atom. The number of ether oxygens (including phenoxy) is 1. The summed E-state index contributed by atoms with van der Waals surface area (Å²) in [6, 6.07) is 2.18. The number of rotatable bonds is 7. The summed E-state index contributed by atoms with van der Waals surface area (Å²) in [6.07, 6.45) is 1.13. The van der Waals surface area contributed by atoms with Crippen LogP contribution in [-0.4, -0.2) is 54.1 Å². The third-order valence-electron chi connectivity index (χ3n) is 3.44. The van der Waals surface area contributed by atoms with Crippen LogP contribution in [0, 0.1) is 6.92 Å². The van der Waals surface area contributed by atoms with Gasteiger partial charge in [-0.25, -0.2) is 0 Å². The predicted octanol–water partition coefficient (Wildman–Crippen LogP) is 1.87. The molecule has 0 radical (unpaired) electrons. The Labute approximate surface area is 140 Å². The van der Waals surface area contributed by atoms with Crippen molar-refractivity contribution >= 4 is 24.8 Å². The number of aromatic nitrogens is 2. The maximum Gasteiger partial charge on any atom is 0.0597 e. The van der Waals surface area contributed by atoms with Crippen LogP contribution in [0.15, 0.2) is 6.07 Å². The van der Waals surface area contributed by atoms with Gasteiger partial charge in [0.15, 0.2) is 0 Å². The van der Waals surface area contributed by atoms with Gasteiger partial charge in [-0.3, -0.25) is 9.58 Å². The van der Waals surface area contributed by atoms with Crippen molar-refractivity contribution < 1.29 is 4.74 Å². The smallest absolute Gasteiger partial charge is 0.0597 e. The van der Waals surface area contributed by atoms with Crippen LogP contribution in [0.3, 0.4) is 0 Å². The molecule has 124 valence electrons. The van der Waals surface area contributed by atoms with Crippen LogP contribution in [0.5, 0.6) is 0 Å². The average molecular weight is 339 g/mol. The van der Waals surface area contributed by atoms with Crippen LogP contribution in [0.1, 0.15) is 24.7 Å². The summed E-state index contributed by atoms with van der Waals surface area (Å²) in [6.45, 7) is 12.2. The Kier molecular flexibility index (Phi) is 11.1. The molecule has 2 rings (SSSR count). The summed E-state index contributed by atoms with van der Waals surface area (Å²) >= 11 is 0. The number of hydrogen-bond acceptors (Lipinski definition) is 4. The molecule has 0 amide bonds. The second kappa shape index (κ2) is 11.3. The highest BCUT2D eigenvalue weighted by Gasteiger charge is 2.09. The summed E-state index contributed by atoms with van der Waals surface area (Å²) in [5, 5.41) is 8.04. The maximum absolute atomic E-state index is 5.35. The number of nitrogens with zero attached hydrogens (tertiary/aromatic N) is 3. The first-order valence-electron chi connectivity index (χ1n) is 7.33. The highest BCUT2D eigenvalue weighted by molar-refractivity contribution is 5.85. The van der Waals surface area contributed by atoms with Gasteiger partial charge in [-0.15, -0.1) is 24.8 Å². The monoisotopic (exact) mass is 338 g/mol. The zero-order valence-corrected chi connectivity index (χ0v) is 14.6. The number of hydrogen-bond donors (Lipinski definition) is 1. The molecule has 21 heavy (non-hydrogen) atoms. The van der Waals surface area contributed by atoms with Gasteiger partial charge in [0.05, 0.1) is 24.6 Å². The molecule has 0 bridgehead atoms. The molecule has 7 heteroatoms. The minimum Gasteiger partial charge on any atom is -0.379 e. The van der Waals surface area contributed by atoms with Gasteiger partial charge in [0.2, 0.25) is 0 Å². The van der Waals surface area contributed by atoms with Gasteiger partial charge >= 0.3 is 0 Å². The van der Waals surface area contributed by atoms with Gasteiger partial charge < -0.3 is 10.1 Å². The van der Waals surface area contributed by atoms with E-state index in [4.69, 9.17) is 4.74 Å². The predicted molar refractivity (Wildman–Crippen MR) is 90.7 cm³/mol. The zero-order valence-electron chi connectivity index (χ0n) is 13.0. The molecular weight excluding hydrogens is 311 g/mol. The third-order valence-corrected chi connectivity index (χ3v) is 3.44. The van der Waals surface area contributed by atoms with Crippen LogP contribution in [0.25, 0.3) is 0 Å². The number of morpholine rings is 1. The van der Waals surface area contributed by atoms with Crippen LogP contribution < -0.4 is 5.32 Å². The molecule has 2 heterocycles. The second-order valence-corrected chi connectivity index (χ2v) is 5.13. The van der Waals surface area contributed by atoms with Crippen molar-refractivity contribution in [2.24, 2.45) is 0 Å². The molecule has 0 unspecified atom stereocenters. The van der Waals surface area contributed by atoms with E-state index in [1.54, 1.807) is 0 Å². The lowest BCUT2D eigenvalue weighted by Gasteiger charge is -2.26. The first-order chi connectivity index (χ1) is 9.29. The minimum absolute atomic E-state index is 0. The molecule has 1 aromatic rings. The topological polar surface area (TPSA) is 42.3 Å². The Bertz CT molecular complexity index is 381. The average Bonchev–Trinajstić information content (AvgIpc) is 2.77. The van der Waals surface area contributed by atoms with E-state index in [2.05, 4.69) is 39.9 Å². The van der Waals surface area contributed by atoms with E-state index in [1.807, 2.05) is 0 Å². The molecule has 0 aliphatic carbocycles. The maximum atomic E-state index is 5.35. The van der Waals surface area contributed by atoms with Crippen molar-refractivity contribution in [3.05, 3.63) is 17.5 Å². The van der Waals surface area contributed by atoms with Crippen LogP contribution in [0.2, 0.25) is 0 Å². The molecule has 1 aliphatic heterocycles. The van der Waals surface area contributed by atoms with E-state index in [9.17, 15) is 0 Å². The minimum atomic E-state index is 0. The lowest BCUT2D eigenvalue weighted by Crippen LogP contribution is -2.40. The summed E-state index contributed by atoms with van der Waals surface area (Å²) in [7, 11) is 0. The standard InChI is InChI=1S/C14H26N4O.2ClH/c1-3-5-18-14(11-13(2)16-18)12-15-4-6-17-7-9-19-10-8-17;;/h11,15H,3-10,12H2,1-2H3;2*1H. The molecule has 1 aliphatic rings. The third kappa shape index (κ3) is 6.98. The molecule has 1 aromatic heterocycles. The fraction of sp³-hybridized carbons (Fsp3) is 0.786. The first-order valence-corrected chi connectivity index (χ1v) is 7.33. The molecule has 0 saturated carbocycles. The normalized spacial score (nSPS) is 15.3. The van der Waals surface area contributed by atoms with Crippen molar-refractivity contribution in [2.45, 2.75) is 33.4 Å². The summed E-state index contributed by atoms with van der Waals surface area (Å²) in [5.74, 6) is 0. The van der Waals surface area contributed by atoms with Crippen molar-refractivity contribution in [1.29, 1.82) is 0 Å².